The highest BCUT2D eigenvalue weighted by molar-refractivity contribution is 7.12. The van der Waals surface area contributed by atoms with Crippen molar-refractivity contribution >= 4 is 11.3 Å². The summed E-state index contributed by atoms with van der Waals surface area (Å²) >= 11 is 1.85. The lowest BCUT2D eigenvalue weighted by atomic mass is 10.2. The lowest BCUT2D eigenvalue weighted by molar-refractivity contribution is 0.109. The minimum Gasteiger partial charge on any atom is -0.371 e. The molecule has 0 atom stereocenters. The van der Waals surface area contributed by atoms with Crippen LogP contribution in [-0.4, -0.2) is 0 Å². The Morgan fingerprint density at radius 1 is 1.00 bits per heavy atom. The maximum Gasteiger partial charge on any atom is 0.0814 e. The summed E-state index contributed by atoms with van der Waals surface area (Å²) in [6.07, 6.45) is 0. The molecule has 0 aliphatic heterocycles. The van der Waals surface area contributed by atoms with Gasteiger partial charge in [0.1, 0.15) is 0 Å². The molecule has 0 N–H and O–H groups in total. The van der Waals surface area contributed by atoms with Gasteiger partial charge in [-0.25, -0.2) is 0 Å². The molecular formula is C15H18OS. The van der Waals surface area contributed by atoms with Gasteiger partial charge in [-0.3, -0.25) is 0 Å². The quantitative estimate of drug-likeness (QED) is 0.750. The molecule has 17 heavy (non-hydrogen) atoms. The van der Waals surface area contributed by atoms with Crippen molar-refractivity contribution in [1.29, 1.82) is 0 Å². The molecule has 0 saturated heterocycles. The molecule has 0 unspecified atom stereocenters. The van der Waals surface area contributed by atoms with E-state index >= 15 is 0 Å². The molecule has 2 aromatic rings. The van der Waals surface area contributed by atoms with Crippen molar-refractivity contribution in [3.63, 3.8) is 0 Å². The van der Waals surface area contributed by atoms with E-state index in [0.29, 0.717) is 19.1 Å². The lowest BCUT2D eigenvalue weighted by Gasteiger charge is -2.02. The predicted octanol–water partition coefficient (Wildman–Crippen LogP) is 4.59. The molecule has 1 nitrogen and oxygen atoms in total. The Bertz CT molecular complexity index is 445. The Morgan fingerprint density at radius 3 is 2.41 bits per heavy atom. The van der Waals surface area contributed by atoms with Crippen LogP contribution < -0.4 is 0 Å². The number of hydrogen-bond acceptors (Lipinski definition) is 2. The van der Waals surface area contributed by atoms with Crippen LogP contribution in [-0.2, 0) is 18.0 Å². The molecule has 2 rings (SSSR count). The van der Waals surface area contributed by atoms with E-state index in [4.69, 9.17) is 4.74 Å². The largest absolute Gasteiger partial charge is 0.371 e. The Labute approximate surface area is 107 Å². The maximum atomic E-state index is 5.71. The van der Waals surface area contributed by atoms with Crippen LogP contribution in [0.1, 0.15) is 35.1 Å². The highest BCUT2D eigenvalue weighted by Crippen LogP contribution is 2.24. The number of ether oxygens (including phenoxy) is 1. The average molecular weight is 246 g/mol. The predicted molar refractivity (Wildman–Crippen MR) is 73.3 cm³/mol. The monoisotopic (exact) mass is 246 g/mol. The van der Waals surface area contributed by atoms with Gasteiger partial charge < -0.3 is 4.74 Å². The van der Waals surface area contributed by atoms with Crippen molar-refractivity contribution in [3.8, 4) is 0 Å². The summed E-state index contributed by atoms with van der Waals surface area (Å²) in [6.45, 7) is 5.85. The summed E-state index contributed by atoms with van der Waals surface area (Å²) in [6, 6.07) is 14.7. The summed E-state index contributed by atoms with van der Waals surface area (Å²) in [5.74, 6) is 0.614. The Morgan fingerprint density at radius 2 is 1.76 bits per heavy atom. The second-order valence-electron chi connectivity index (χ2n) is 4.44. The number of rotatable bonds is 5. The van der Waals surface area contributed by atoms with Gasteiger partial charge in [-0.15, -0.1) is 11.3 Å². The molecule has 0 bridgehead atoms. The zero-order chi connectivity index (χ0) is 12.1. The summed E-state index contributed by atoms with van der Waals surface area (Å²) in [5.41, 5.74) is 1.23. The smallest absolute Gasteiger partial charge is 0.0814 e. The maximum absolute atomic E-state index is 5.71. The molecule has 0 radical (unpaired) electrons. The van der Waals surface area contributed by atoms with Crippen LogP contribution in [0.2, 0.25) is 0 Å². The fourth-order valence-electron chi connectivity index (χ4n) is 1.63. The van der Waals surface area contributed by atoms with E-state index in [1.807, 2.05) is 29.5 Å². The summed E-state index contributed by atoms with van der Waals surface area (Å²) in [5, 5.41) is 0. The first-order valence-corrected chi connectivity index (χ1v) is 6.77. The fraction of sp³-hybridized carbons (Fsp3) is 0.333. The van der Waals surface area contributed by atoms with E-state index in [0.717, 1.165) is 0 Å². The van der Waals surface area contributed by atoms with Gasteiger partial charge in [0.05, 0.1) is 13.2 Å². The van der Waals surface area contributed by atoms with Gasteiger partial charge in [0.15, 0.2) is 0 Å². The van der Waals surface area contributed by atoms with Crippen LogP contribution in [0, 0.1) is 0 Å². The third-order valence-electron chi connectivity index (χ3n) is 2.61. The molecule has 1 heterocycles. The van der Waals surface area contributed by atoms with E-state index in [2.05, 4.69) is 38.1 Å². The first-order valence-electron chi connectivity index (χ1n) is 5.96. The van der Waals surface area contributed by atoms with Crippen molar-refractivity contribution in [2.75, 3.05) is 0 Å². The van der Waals surface area contributed by atoms with Gasteiger partial charge in [0.2, 0.25) is 0 Å². The highest BCUT2D eigenvalue weighted by atomic mass is 32.1. The molecule has 0 fully saturated rings. The Kier molecular flexibility index (Phi) is 4.35. The Balaban J connectivity index is 1.82. The van der Waals surface area contributed by atoms with Gasteiger partial charge in [-0.2, -0.15) is 0 Å². The van der Waals surface area contributed by atoms with Crippen molar-refractivity contribution < 1.29 is 4.74 Å². The van der Waals surface area contributed by atoms with E-state index in [-0.39, 0.29) is 0 Å². The second-order valence-corrected chi connectivity index (χ2v) is 5.64. The SMILES string of the molecule is CC(C)c1ccc(COCc2ccccc2)s1. The molecule has 1 aromatic heterocycles. The van der Waals surface area contributed by atoms with Gasteiger partial charge in [0.25, 0.3) is 0 Å². The molecule has 0 aliphatic carbocycles. The first-order chi connectivity index (χ1) is 8.25. The number of hydrogen-bond donors (Lipinski definition) is 0. The second kappa shape index (κ2) is 5.99. The third-order valence-corrected chi connectivity index (χ3v) is 3.97. The van der Waals surface area contributed by atoms with Crippen LogP contribution >= 0.6 is 11.3 Å². The minimum atomic E-state index is 0.614. The van der Waals surface area contributed by atoms with Crippen LogP contribution in [0.15, 0.2) is 42.5 Å². The highest BCUT2D eigenvalue weighted by Gasteiger charge is 2.03. The third kappa shape index (κ3) is 3.69. The summed E-state index contributed by atoms with van der Waals surface area (Å²) in [7, 11) is 0. The summed E-state index contributed by atoms with van der Waals surface area (Å²) in [4.78, 5) is 2.74. The molecular weight excluding hydrogens is 228 g/mol. The zero-order valence-electron chi connectivity index (χ0n) is 10.3. The molecule has 1 aromatic carbocycles. The van der Waals surface area contributed by atoms with Gasteiger partial charge in [-0.05, 0) is 23.6 Å². The van der Waals surface area contributed by atoms with Gasteiger partial charge in [0, 0.05) is 9.75 Å². The number of thiophene rings is 1. The topological polar surface area (TPSA) is 9.23 Å². The van der Waals surface area contributed by atoms with Gasteiger partial charge in [-0.1, -0.05) is 44.2 Å². The van der Waals surface area contributed by atoms with Crippen LogP contribution in [0.25, 0.3) is 0 Å². The fourth-order valence-corrected chi connectivity index (χ4v) is 2.58. The molecule has 0 spiro atoms. The van der Waals surface area contributed by atoms with Crippen LogP contribution in [0.3, 0.4) is 0 Å². The molecule has 2 heteroatoms. The first kappa shape index (κ1) is 12.3. The van der Waals surface area contributed by atoms with E-state index in [1.54, 1.807) is 0 Å². The lowest BCUT2D eigenvalue weighted by Crippen LogP contribution is -1.91. The zero-order valence-corrected chi connectivity index (χ0v) is 11.2. The molecule has 90 valence electrons. The van der Waals surface area contributed by atoms with E-state index < -0.39 is 0 Å². The van der Waals surface area contributed by atoms with Crippen molar-refractivity contribution in [2.24, 2.45) is 0 Å². The van der Waals surface area contributed by atoms with Crippen molar-refractivity contribution in [3.05, 3.63) is 57.8 Å². The van der Waals surface area contributed by atoms with Crippen LogP contribution in [0.5, 0.6) is 0 Å². The average Bonchev–Trinajstić information content (AvgIpc) is 2.79. The molecule has 0 aliphatic rings. The molecule has 0 amide bonds. The minimum absolute atomic E-state index is 0.614. The van der Waals surface area contributed by atoms with Crippen LogP contribution in [0.4, 0.5) is 0 Å². The van der Waals surface area contributed by atoms with Crippen molar-refractivity contribution in [2.45, 2.75) is 33.0 Å². The van der Waals surface area contributed by atoms with Crippen molar-refractivity contribution in [1.82, 2.24) is 0 Å². The summed E-state index contributed by atoms with van der Waals surface area (Å²) < 4.78 is 5.71. The Hall–Kier alpha value is -1.12. The molecule has 0 saturated carbocycles. The van der Waals surface area contributed by atoms with Gasteiger partial charge >= 0.3 is 0 Å². The van der Waals surface area contributed by atoms with E-state index in [9.17, 15) is 0 Å². The normalized spacial score (nSPS) is 11.0. The number of benzene rings is 1. The van der Waals surface area contributed by atoms with E-state index in [1.165, 1.54) is 15.3 Å². The standard InChI is InChI=1S/C15H18OS/c1-12(2)15-9-8-14(17-15)11-16-10-13-6-4-3-5-7-13/h3-9,12H,10-11H2,1-2H3.